The van der Waals surface area contributed by atoms with E-state index in [1.807, 2.05) is 30.3 Å². The van der Waals surface area contributed by atoms with E-state index in [1.165, 1.54) is 12.1 Å². The van der Waals surface area contributed by atoms with Crippen LogP contribution in [0.2, 0.25) is 0 Å². The van der Waals surface area contributed by atoms with Crippen LogP contribution < -0.4 is 5.32 Å². The summed E-state index contributed by atoms with van der Waals surface area (Å²) < 4.78 is 38.0. The molecule has 0 bridgehead atoms. The monoisotopic (exact) mass is 348 g/mol. The van der Waals surface area contributed by atoms with Crippen molar-refractivity contribution in [2.24, 2.45) is 0 Å². The van der Waals surface area contributed by atoms with Crippen LogP contribution in [-0.4, -0.2) is 22.2 Å². The number of rotatable bonds is 3. The summed E-state index contributed by atoms with van der Waals surface area (Å²) >= 11 is 0. The summed E-state index contributed by atoms with van der Waals surface area (Å²) in [7, 11) is 0. The first-order valence-electron chi connectivity index (χ1n) is 7.56. The van der Waals surface area contributed by atoms with Gasteiger partial charge in [-0.2, -0.15) is 18.2 Å². The van der Waals surface area contributed by atoms with Crippen molar-refractivity contribution in [1.29, 1.82) is 0 Å². The highest BCUT2D eigenvalue weighted by Gasteiger charge is 2.31. The van der Waals surface area contributed by atoms with E-state index in [4.69, 9.17) is 0 Å². The Labute approximate surface area is 142 Å². The van der Waals surface area contributed by atoms with Gasteiger partial charge in [0.15, 0.2) is 0 Å². The lowest BCUT2D eigenvalue weighted by Gasteiger charge is -2.29. The van der Waals surface area contributed by atoms with Crippen LogP contribution >= 0.6 is 0 Å². The average molecular weight is 348 g/mol. The van der Waals surface area contributed by atoms with Gasteiger partial charge in [-0.15, -0.1) is 0 Å². The maximum Gasteiger partial charge on any atom is 0.416 e. The molecular formula is C18H15F3N2O2. The number of hydrogen-bond acceptors (Lipinski definition) is 3. The van der Waals surface area contributed by atoms with Crippen LogP contribution in [0.15, 0.2) is 60.8 Å². The van der Waals surface area contributed by atoms with Crippen LogP contribution in [0.4, 0.5) is 13.2 Å². The number of alkyl halides is 3. The molecule has 0 aromatic heterocycles. The van der Waals surface area contributed by atoms with Crippen molar-refractivity contribution >= 4 is 11.6 Å². The molecule has 4 nitrogen and oxygen atoms in total. The number of carbonyl (C=O) groups excluding carboxylic acids is 1. The topological polar surface area (TPSA) is 52.6 Å². The third kappa shape index (κ3) is 3.83. The first-order chi connectivity index (χ1) is 11.8. The Balaban J connectivity index is 1.82. The lowest BCUT2D eigenvalue weighted by atomic mass is 10.0. The van der Waals surface area contributed by atoms with E-state index in [1.54, 1.807) is 0 Å². The zero-order chi connectivity index (χ0) is 18.0. The Morgan fingerprint density at radius 3 is 2.28 bits per heavy atom. The van der Waals surface area contributed by atoms with E-state index in [2.05, 4.69) is 5.32 Å². The highest BCUT2D eigenvalue weighted by molar-refractivity contribution is 5.87. The summed E-state index contributed by atoms with van der Waals surface area (Å²) in [5, 5.41) is 13.3. The Bertz CT molecular complexity index is 786. The Hall–Kier alpha value is -2.80. The minimum Gasteiger partial charge on any atom is -0.372 e. The van der Waals surface area contributed by atoms with Crippen molar-refractivity contribution in [2.75, 3.05) is 0 Å². The van der Waals surface area contributed by atoms with Crippen LogP contribution in [-0.2, 0) is 17.4 Å². The number of hydrogen-bond donors (Lipinski definition) is 2. The Kier molecular flexibility index (Phi) is 4.50. The van der Waals surface area contributed by atoms with Gasteiger partial charge >= 0.3 is 6.18 Å². The molecule has 1 atom stereocenters. The molecule has 2 N–H and O–H groups in total. The van der Waals surface area contributed by atoms with Crippen molar-refractivity contribution in [3.05, 3.63) is 77.5 Å². The summed E-state index contributed by atoms with van der Waals surface area (Å²) in [5.41, 5.74) is 0.954. The molecule has 0 spiro atoms. The largest absolute Gasteiger partial charge is 0.416 e. The molecule has 1 heterocycles. The van der Waals surface area contributed by atoms with Crippen molar-refractivity contribution in [2.45, 2.75) is 18.6 Å². The van der Waals surface area contributed by atoms with E-state index in [0.717, 1.165) is 23.9 Å². The lowest BCUT2D eigenvalue weighted by molar-refractivity contribution is -0.157. The molecule has 0 fully saturated rings. The number of carbonyl (C=O) groups is 1. The van der Waals surface area contributed by atoms with E-state index in [0.29, 0.717) is 22.7 Å². The van der Waals surface area contributed by atoms with Crippen LogP contribution in [0.1, 0.15) is 16.7 Å². The second-order valence-electron chi connectivity index (χ2n) is 5.69. The lowest BCUT2D eigenvalue weighted by Crippen LogP contribution is -2.48. The zero-order valence-corrected chi connectivity index (χ0v) is 13.0. The highest BCUT2D eigenvalue weighted by Crippen LogP contribution is 2.30. The van der Waals surface area contributed by atoms with Gasteiger partial charge in [0.1, 0.15) is 6.04 Å². The highest BCUT2D eigenvalue weighted by atomic mass is 19.4. The predicted octanol–water partition coefficient (Wildman–Crippen LogP) is 3.44. The Morgan fingerprint density at radius 2 is 1.68 bits per heavy atom. The van der Waals surface area contributed by atoms with E-state index in [-0.39, 0.29) is 0 Å². The number of nitrogens with zero attached hydrogens (tertiary/aromatic N) is 1. The quantitative estimate of drug-likeness (QED) is 0.836. The van der Waals surface area contributed by atoms with Gasteiger partial charge in [-0.1, -0.05) is 42.5 Å². The molecule has 0 saturated carbocycles. The SMILES string of the molecule is O=C1C(Cc2ccccc2)NC(c2ccc(C(F)(F)F)cc2)=CN1O. The van der Waals surface area contributed by atoms with Gasteiger partial charge < -0.3 is 5.32 Å². The molecule has 3 rings (SSSR count). The second kappa shape index (κ2) is 6.60. The molecule has 0 saturated heterocycles. The molecule has 1 aliphatic rings. The van der Waals surface area contributed by atoms with Crippen LogP contribution in [0, 0.1) is 0 Å². The van der Waals surface area contributed by atoms with E-state index < -0.39 is 23.7 Å². The fourth-order valence-electron chi connectivity index (χ4n) is 2.62. The molecule has 0 radical (unpaired) electrons. The van der Waals surface area contributed by atoms with Crippen molar-refractivity contribution in [3.63, 3.8) is 0 Å². The number of halogens is 3. The molecule has 1 amide bonds. The van der Waals surface area contributed by atoms with Crippen LogP contribution in [0.25, 0.3) is 5.70 Å². The van der Waals surface area contributed by atoms with E-state index >= 15 is 0 Å². The van der Waals surface area contributed by atoms with Gasteiger partial charge in [-0.3, -0.25) is 10.0 Å². The first-order valence-corrected chi connectivity index (χ1v) is 7.56. The third-order valence-electron chi connectivity index (χ3n) is 3.91. The normalized spacial score (nSPS) is 17.9. The fourth-order valence-corrected chi connectivity index (χ4v) is 2.62. The Morgan fingerprint density at radius 1 is 1.04 bits per heavy atom. The maximum atomic E-state index is 12.7. The van der Waals surface area contributed by atoms with Crippen molar-refractivity contribution in [1.82, 2.24) is 10.4 Å². The van der Waals surface area contributed by atoms with Crippen molar-refractivity contribution in [3.8, 4) is 0 Å². The predicted molar refractivity (Wildman–Crippen MR) is 85.1 cm³/mol. The molecular weight excluding hydrogens is 333 g/mol. The van der Waals surface area contributed by atoms with Crippen LogP contribution in [0.3, 0.4) is 0 Å². The molecule has 130 valence electrons. The molecule has 2 aromatic rings. The van der Waals surface area contributed by atoms with Gasteiger partial charge in [-0.05, 0) is 23.3 Å². The number of nitrogens with one attached hydrogen (secondary N) is 1. The number of amides is 1. The maximum absolute atomic E-state index is 12.7. The minimum absolute atomic E-state index is 0.342. The third-order valence-corrected chi connectivity index (χ3v) is 3.91. The molecule has 25 heavy (non-hydrogen) atoms. The van der Waals surface area contributed by atoms with Gasteiger partial charge in [0.05, 0.1) is 17.5 Å². The molecule has 0 aliphatic carbocycles. The average Bonchev–Trinajstić information content (AvgIpc) is 2.59. The summed E-state index contributed by atoms with van der Waals surface area (Å²) in [6.07, 6.45) is -2.91. The van der Waals surface area contributed by atoms with Gasteiger partial charge in [0.2, 0.25) is 0 Å². The summed E-state index contributed by atoms with van der Waals surface area (Å²) in [6, 6.07) is 13.0. The molecule has 7 heteroatoms. The van der Waals surface area contributed by atoms with Crippen molar-refractivity contribution < 1.29 is 23.2 Å². The van der Waals surface area contributed by atoms with E-state index in [9.17, 15) is 23.2 Å². The molecule has 1 unspecified atom stereocenters. The second-order valence-corrected chi connectivity index (χ2v) is 5.69. The summed E-state index contributed by atoms with van der Waals surface area (Å²) in [6.45, 7) is 0. The zero-order valence-electron chi connectivity index (χ0n) is 13.0. The van der Waals surface area contributed by atoms with Crippen LogP contribution in [0.5, 0.6) is 0 Å². The first kappa shape index (κ1) is 17.0. The minimum atomic E-state index is -4.41. The smallest absolute Gasteiger partial charge is 0.372 e. The standard InChI is InChI=1S/C18H15F3N2O2/c19-18(20,21)14-8-6-13(7-9-14)16-11-23(25)17(24)15(22-16)10-12-4-2-1-3-5-12/h1-9,11,15,22,25H,10H2. The fraction of sp³-hybridized carbons (Fsp3) is 0.167. The number of benzene rings is 2. The summed E-state index contributed by atoms with van der Waals surface area (Å²) in [5.74, 6) is -0.528. The number of hydroxylamine groups is 2. The molecule has 1 aliphatic heterocycles. The summed E-state index contributed by atoms with van der Waals surface area (Å²) in [4.78, 5) is 12.1. The van der Waals surface area contributed by atoms with Gasteiger partial charge in [0, 0.05) is 6.42 Å². The van der Waals surface area contributed by atoms with Gasteiger partial charge in [-0.25, -0.2) is 0 Å². The van der Waals surface area contributed by atoms with Gasteiger partial charge in [0.25, 0.3) is 5.91 Å². The molecule has 2 aromatic carbocycles.